The van der Waals surface area contributed by atoms with Gasteiger partial charge in [0.2, 0.25) is 0 Å². The Morgan fingerprint density at radius 2 is 1.26 bits per heavy atom. The molecule has 0 radical (unpaired) electrons. The lowest BCUT2D eigenvalue weighted by Crippen LogP contribution is -1.97. The maximum Gasteiger partial charge on any atom is 0.133 e. The summed E-state index contributed by atoms with van der Waals surface area (Å²) in [6.45, 7) is 9.90. The smallest absolute Gasteiger partial charge is 0.133 e. The number of ether oxygens (including phenoxy) is 1. The Bertz CT molecular complexity index is 713. The first-order valence-electron chi connectivity index (χ1n) is 13.0. The quantitative estimate of drug-likeness (QED) is 0.200. The van der Waals surface area contributed by atoms with Crippen LogP contribution in [0.1, 0.15) is 119 Å². The third kappa shape index (κ3) is 10.1. The SMILES string of the molecule is CCCCCCCCCCOc1cc(-c2sc(C)cc2CCCCCCCC)sc1C. The molecule has 0 aromatic carbocycles. The van der Waals surface area contributed by atoms with Gasteiger partial charge in [0, 0.05) is 19.5 Å². The van der Waals surface area contributed by atoms with Crippen molar-refractivity contribution in [1.82, 2.24) is 0 Å². The summed E-state index contributed by atoms with van der Waals surface area (Å²) in [5.74, 6) is 1.11. The van der Waals surface area contributed by atoms with Gasteiger partial charge in [0.25, 0.3) is 0 Å². The zero-order valence-corrected chi connectivity index (χ0v) is 22.3. The van der Waals surface area contributed by atoms with Crippen LogP contribution < -0.4 is 4.74 Å². The van der Waals surface area contributed by atoms with Gasteiger partial charge in [0.05, 0.1) is 6.61 Å². The van der Waals surface area contributed by atoms with E-state index in [4.69, 9.17) is 4.74 Å². The van der Waals surface area contributed by atoms with E-state index in [2.05, 4.69) is 39.8 Å². The molecule has 3 heteroatoms. The zero-order chi connectivity index (χ0) is 22.3. The summed E-state index contributed by atoms with van der Waals surface area (Å²) in [6.07, 6.45) is 20.2. The van der Waals surface area contributed by atoms with E-state index in [-0.39, 0.29) is 0 Å². The van der Waals surface area contributed by atoms with E-state index in [0.29, 0.717) is 0 Å². The lowest BCUT2D eigenvalue weighted by Gasteiger charge is -2.05. The Kier molecular flexibility index (Phi) is 13.6. The molecule has 0 aliphatic rings. The monoisotopic (exact) mass is 462 g/mol. The van der Waals surface area contributed by atoms with E-state index in [0.717, 1.165) is 12.4 Å². The van der Waals surface area contributed by atoms with Crippen LogP contribution in [0.25, 0.3) is 9.75 Å². The lowest BCUT2D eigenvalue weighted by molar-refractivity contribution is 0.304. The highest BCUT2D eigenvalue weighted by Gasteiger charge is 2.14. The molecule has 0 saturated heterocycles. The maximum atomic E-state index is 6.18. The molecule has 2 aromatic heterocycles. The molecule has 0 amide bonds. The van der Waals surface area contributed by atoms with Crippen molar-refractivity contribution >= 4 is 22.7 Å². The van der Waals surface area contributed by atoms with Gasteiger partial charge in [-0.25, -0.2) is 0 Å². The van der Waals surface area contributed by atoms with E-state index in [9.17, 15) is 0 Å². The third-order valence-corrected chi connectivity index (χ3v) is 8.39. The van der Waals surface area contributed by atoms with Gasteiger partial charge in [0.1, 0.15) is 5.75 Å². The number of rotatable bonds is 18. The standard InChI is InChI=1S/C28H46OS2/c1-5-7-9-11-13-14-16-18-20-29-26-22-27(31-24(26)4)28-25(21-23(3)30-28)19-17-15-12-10-8-6-2/h21-22H,5-20H2,1-4H3. The number of aryl methyl sites for hydroxylation is 3. The van der Waals surface area contributed by atoms with Crippen LogP contribution in [0.15, 0.2) is 12.1 Å². The van der Waals surface area contributed by atoms with E-state index >= 15 is 0 Å². The fourth-order valence-corrected chi connectivity index (χ4v) is 6.36. The summed E-state index contributed by atoms with van der Waals surface area (Å²) in [5.41, 5.74) is 1.55. The Morgan fingerprint density at radius 1 is 0.677 bits per heavy atom. The molecule has 0 fully saturated rings. The van der Waals surface area contributed by atoms with E-state index in [1.807, 2.05) is 22.7 Å². The number of unbranched alkanes of at least 4 members (excludes halogenated alkanes) is 12. The fourth-order valence-electron chi connectivity index (χ4n) is 4.20. The molecule has 0 N–H and O–H groups in total. The van der Waals surface area contributed by atoms with Crippen molar-refractivity contribution in [3.05, 3.63) is 27.5 Å². The zero-order valence-electron chi connectivity index (χ0n) is 20.7. The second-order valence-corrected chi connectivity index (χ2v) is 11.6. The second-order valence-electron chi connectivity index (χ2n) is 9.08. The van der Waals surface area contributed by atoms with Crippen molar-refractivity contribution in [1.29, 1.82) is 0 Å². The molecule has 176 valence electrons. The molecule has 2 heterocycles. The molecule has 0 bridgehead atoms. The molecule has 0 saturated carbocycles. The van der Waals surface area contributed by atoms with Crippen LogP contribution in [0, 0.1) is 13.8 Å². The van der Waals surface area contributed by atoms with Crippen molar-refractivity contribution in [3.63, 3.8) is 0 Å². The summed E-state index contributed by atoms with van der Waals surface area (Å²) >= 11 is 3.87. The first-order chi connectivity index (χ1) is 15.2. The van der Waals surface area contributed by atoms with Gasteiger partial charge in [0.15, 0.2) is 0 Å². The van der Waals surface area contributed by atoms with Crippen molar-refractivity contribution < 1.29 is 4.74 Å². The van der Waals surface area contributed by atoms with Crippen LogP contribution in [-0.2, 0) is 6.42 Å². The van der Waals surface area contributed by atoms with Gasteiger partial charge in [-0.2, -0.15) is 0 Å². The molecular formula is C28H46OS2. The highest BCUT2D eigenvalue weighted by atomic mass is 32.1. The van der Waals surface area contributed by atoms with Gasteiger partial charge < -0.3 is 4.74 Å². The van der Waals surface area contributed by atoms with E-state index < -0.39 is 0 Å². The Morgan fingerprint density at radius 3 is 1.90 bits per heavy atom. The van der Waals surface area contributed by atoms with E-state index in [1.54, 1.807) is 5.56 Å². The molecule has 0 aliphatic heterocycles. The minimum Gasteiger partial charge on any atom is -0.492 e. The Labute approximate surface area is 200 Å². The summed E-state index contributed by atoms with van der Waals surface area (Å²) in [6, 6.07) is 4.73. The predicted molar refractivity (Wildman–Crippen MR) is 142 cm³/mol. The van der Waals surface area contributed by atoms with Gasteiger partial charge in [-0.15, -0.1) is 22.7 Å². The second kappa shape index (κ2) is 15.9. The summed E-state index contributed by atoms with van der Waals surface area (Å²) in [5, 5.41) is 0. The van der Waals surface area contributed by atoms with Crippen molar-refractivity contribution in [2.75, 3.05) is 6.61 Å². The Hall–Kier alpha value is -0.800. The van der Waals surface area contributed by atoms with Crippen LogP contribution >= 0.6 is 22.7 Å². The molecule has 0 unspecified atom stereocenters. The highest BCUT2D eigenvalue weighted by molar-refractivity contribution is 7.22. The van der Waals surface area contributed by atoms with Crippen LogP contribution in [0.3, 0.4) is 0 Å². The summed E-state index contributed by atoms with van der Waals surface area (Å²) in [7, 11) is 0. The number of thiophene rings is 2. The van der Waals surface area contributed by atoms with Crippen molar-refractivity contribution in [2.45, 2.75) is 124 Å². The van der Waals surface area contributed by atoms with E-state index in [1.165, 1.54) is 116 Å². The van der Waals surface area contributed by atoms with Crippen LogP contribution in [0.4, 0.5) is 0 Å². The fraction of sp³-hybridized carbons (Fsp3) is 0.714. The average Bonchev–Trinajstić information content (AvgIpc) is 3.31. The van der Waals surface area contributed by atoms with Crippen LogP contribution in [-0.4, -0.2) is 6.61 Å². The number of hydrogen-bond donors (Lipinski definition) is 0. The Balaban J connectivity index is 1.77. The van der Waals surface area contributed by atoms with Gasteiger partial charge in [-0.05, 0) is 50.8 Å². The summed E-state index contributed by atoms with van der Waals surface area (Å²) < 4.78 is 6.18. The topological polar surface area (TPSA) is 9.23 Å². The third-order valence-electron chi connectivity index (χ3n) is 6.08. The molecule has 2 rings (SSSR count). The van der Waals surface area contributed by atoms with Crippen LogP contribution in [0.2, 0.25) is 0 Å². The number of hydrogen-bond acceptors (Lipinski definition) is 3. The average molecular weight is 463 g/mol. The van der Waals surface area contributed by atoms with Gasteiger partial charge >= 0.3 is 0 Å². The lowest BCUT2D eigenvalue weighted by atomic mass is 10.0. The minimum absolute atomic E-state index is 0.861. The predicted octanol–water partition coefficient (Wildman–Crippen LogP) is 10.5. The first-order valence-corrected chi connectivity index (χ1v) is 14.6. The molecule has 0 aliphatic carbocycles. The first kappa shape index (κ1) is 26.5. The minimum atomic E-state index is 0.861. The van der Waals surface area contributed by atoms with Gasteiger partial charge in [-0.1, -0.05) is 90.9 Å². The molecule has 31 heavy (non-hydrogen) atoms. The molecule has 0 spiro atoms. The highest BCUT2D eigenvalue weighted by Crippen LogP contribution is 2.41. The molecule has 1 nitrogen and oxygen atoms in total. The maximum absolute atomic E-state index is 6.18. The summed E-state index contributed by atoms with van der Waals surface area (Å²) in [4.78, 5) is 5.65. The molecule has 2 aromatic rings. The van der Waals surface area contributed by atoms with Gasteiger partial charge in [-0.3, -0.25) is 0 Å². The van der Waals surface area contributed by atoms with Crippen LogP contribution in [0.5, 0.6) is 5.75 Å². The molecular weight excluding hydrogens is 416 g/mol. The van der Waals surface area contributed by atoms with Crippen molar-refractivity contribution in [3.8, 4) is 15.5 Å². The molecule has 0 atom stereocenters. The van der Waals surface area contributed by atoms with Crippen molar-refractivity contribution in [2.24, 2.45) is 0 Å². The normalized spacial score (nSPS) is 11.4. The largest absolute Gasteiger partial charge is 0.492 e.